The van der Waals surface area contributed by atoms with E-state index in [1.165, 1.54) is 12.1 Å². The van der Waals surface area contributed by atoms with Crippen LogP contribution >= 0.6 is 0 Å². The maximum atomic E-state index is 15.7. The van der Waals surface area contributed by atoms with Crippen LogP contribution < -0.4 is 15.8 Å². The Morgan fingerprint density at radius 1 is 0.972 bits per heavy atom. The van der Waals surface area contributed by atoms with Gasteiger partial charge in [-0.1, -0.05) is 26.0 Å². The molecule has 186 valence electrons. The van der Waals surface area contributed by atoms with E-state index >= 15 is 4.39 Å². The van der Waals surface area contributed by atoms with Crippen LogP contribution in [0, 0.1) is 25.5 Å². The molecule has 0 saturated carbocycles. The van der Waals surface area contributed by atoms with Gasteiger partial charge in [0.05, 0.1) is 22.6 Å². The van der Waals surface area contributed by atoms with Gasteiger partial charge in [-0.25, -0.2) is 8.78 Å². The standard InChI is InChI=1S/C29H30F2N4O/c1-17(2)28-29(19(4)8-9-33-28)35-25-15-20(27-18(3)6-5-7-22(27)30)23(31)14-21(25)24(16-26(35)36)34-12-10-32-11-13-34/h5-9,14-17,32H,10-13H2,1-4H3. The summed E-state index contributed by atoms with van der Waals surface area (Å²) in [4.78, 5) is 20.5. The Kier molecular flexibility index (Phi) is 6.35. The van der Waals surface area contributed by atoms with Crippen molar-refractivity contribution in [1.82, 2.24) is 14.9 Å². The molecule has 0 aliphatic carbocycles. The zero-order valence-electron chi connectivity index (χ0n) is 21.0. The van der Waals surface area contributed by atoms with Gasteiger partial charge in [0.1, 0.15) is 11.6 Å². The highest BCUT2D eigenvalue weighted by Gasteiger charge is 2.23. The van der Waals surface area contributed by atoms with E-state index in [0.717, 1.165) is 24.3 Å². The van der Waals surface area contributed by atoms with Crippen molar-refractivity contribution < 1.29 is 8.78 Å². The lowest BCUT2D eigenvalue weighted by Crippen LogP contribution is -2.44. The molecule has 36 heavy (non-hydrogen) atoms. The monoisotopic (exact) mass is 488 g/mol. The molecule has 5 rings (SSSR count). The van der Waals surface area contributed by atoms with Crippen molar-refractivity contribution in [2.45, 2.75) is 33.6 Å². The number of fused-ring (bicyclic) bond motifs is 1. The molecule has 5 nitrogen and oxygen atoms in total. The molecule has 2 aromatic heterocycles. The van der Waals surface area contributed by atoms with Crippen LogP contribution in [-0.4, -0.2) is 35.7 Å². The topological polar surface area (TPSA) is 50.2 Å². The van der Waals surface area contributed by atoms with E-state index < -0.39 is 11.6 Å². The molecular formula is C29H30F2N4O. The van der Waals surface area contributed by atoms with Crippen molar-refractivity contribution in [3.63, 3.8) is 0 Å². The number of rotatable bonds is 4. The van der Waals surface area contributed by atoms with E-state index in [0.29, 0.717) is 40.9 Å². The first-order valence-corrected chi connectivity index (χ1v) is 12.3. The number of hydrogen-bond acceptors (Lipinski definition) is 4. The molecule has 1 fully saturated rings. The first kappa shape index (κ1) is 24.1. The third-order valence-corrected chi connectivity index (χ3v) is 6.96. The van der Waals surface area contributed by atoms with Crippen molar-refractivity contribution in [1.29, 1.82) is 0 Å². The molecule has 0 amide bonds. The summed E-state index contributed by atoms with van der Waals surface area (Å²) in [6, 6.07) is 11.2. The lowest BCUT2D eigenvalue weighted by molar-refractivity contribution is 0.589. The molecule has 0 atom stereocenters. The van der Waals surface area contributed by atoms with Gasteiger partial charge in [0, 0.05) is 55.0 Å². The van der Waals surface area contributed by atoms with Crippen molar-refractivity contribution in [2.24, 2.45) is 0 Å². The minimum Gasteiger partial charge on any atom is -0.368 e. The van der Waals surface area contributed by atoms with Crippen molar-refractivity contribution >= 4 is 16.6 Å². The zero-order chi connectivity index (χ0) is 25.6. The number of hydrogen-bond donors (Lipinski definition) is 1. The van der Waals surface area contributed by atoms with E-state index in [2.05, 4.69) is 15.2 Å². The molecule has 2 aromatic carbocycles. The molecule has 7 heteroatoms. The summed E-state index contributed by atoms with van der Waals surface area (Å²) in [7, 11) is 0. The molecule has 3 heterocycles. The minimum atomic E-state index is -0.524. The van der Waals surface area contributed by atoms with Crippen LogP contribution in [0.2, 0.25) is 0 Å². The Morgan fingerprint density at radius 2 is 1.72 bits per heavy atom. The van der Waals surface area contributed by atoms with Crippen molar-refractivity contribution in [2.75, 3.05) is 31.1 Å². The first-order valence-electron chi connectivity index (χ1n) is 12.3. The fourth-order valence-corrected chi connectivity index (χ4v) is 5.18. The van der Waals surface area contributed by atoms with Gasteiger partial charge in [-0.05, 0) is 55.2 Å². The second kappa shape index (κ2) is 9.47. The predicted octanol–water partition coefficient (Wildman–Crippen LogP) is 5.48. The number of aryl methyl sites for hydroxylation is 2. The molecule has 0 radical (unpaired) electrons. The first-order chi connectivity index (χ1) is 17.3. The summed E-state index contributed by atoms with van der Waals surface area (Å²) in [5.74, 6) is -0.964. The van der Waals surface area contributed by atoms with Crippen LogP contribution in [0.3, 0.4) is 0 Å². The molecule has 0 spiro atoms. The van der Waals surface area contributed by atoms with Gasteiger partial charge >= 0.3 is 0 Å². The second-order valence-corrected chi connectivity index (χ2v) is 9.74. The Balaban J connectivity index is 1.91. The summed E-state index contributed by atoms with van der Waals surface area (Å²) >= 11 is 0. The average Bonchev–Trinajstić information content (AvgIpc) is 2.85. The maximum absolute atomic E-state index is 15.7. The quantitative estimate of drug-likeness (QED) is 0.413. The van der Waals surface area contributed by atoms with Gasteiger partial charge in [0.25, 0.3) is 5.56 Å². The average molecular weight is 489 g/mol. The molecule has 4 aromatic rings. The third-order valence-electron chi connectivity index (χ3n) is 6.96. The summed E-state index contributed by atoms with van der Waals surface area (Å²) in [6.45, 7) is 10.7. The van der Waals surface area contributed by atoms with Gasteiger partial charge in [0.15, 0.2) is 0 Å². The fourth-order valence-electron chi connectivity index (χ4n) is 5.18. The highest BCUT2D eigenvalue weighted by Crippen LogP contribution is 2.36. The van der Waals surface area contributed by atoms with E-state index in [1.54, 1.807) is 42.0 Å². The maximum Gasteiger partial charge on any atom is 0.257 e. The summed E-state index contributed by atoms with van der Waals surface area (Å²) in [5.41, 5.74) is 4.33. The van der Waals surface area contributed by atoms with Gasteiger partial charge < -0.3 is 10.2 Å². The Bertz CT molecular complexity index is 1500. The number of anilines is 1. The van der Waals surface area contributed by atoms with E-state index in [9.17, 15) is 9.18 Å². The number of aromatic nitrogens is 2. The number of pyridine rings is 2. The highest BCUT2D eigenvalue weighted by molar-refractivity contribution is 5.96. The molecular weight excluding hydrogens is 458 g/mol. The SMILES string of the molecule is Cc1cccc(F)c1-c1cc2c(cc1F)c(N1CCNCC1)cc(=O)n2-c1c(C)ccnc1C(C)C. The van der Waals surface area contributed by atoms with Crippen LogP contribution in [0.15, 0.2) is 53.5 Å². The normalized spacial score (nSPS) is 14.1. The number of nitrogens with zero attached hydrogens (tertiary/aromatic N) is 3. The number of piperazine rings is 1. The Hall–Kier alpha value is -3.58. The van der Waals surface area contributed by atoms with Gasteiger partial charge in [-0.15, -0.1) is 0 Å². The molecule has 1 aliphatic heterocycles. The van der Waals surface area contributed by atoms with Crippen LogP contribution in [0.25, 0.3) is 27.7 Å². The summed E-state index contributed by atoms with van der Waals surface area (Å²) in [6.07, 6.45) is 1.74. The molecule has 1 aliphatic rings. The van der Waals surface area contributed by atoms with E-state index in [4.69, 9.17) is 0 Å². The van der Waals surface area contributed by atoms with Gasteiger partial charge in [0.2, 0.25) is 0 Å². The minimum absolute atomic E-state index is 0.0587. The summed E-state index contributed by atoms with van der Waals surface area (Å²) < 4.78 is 32.3. The molecule has 0 unspecified atom stereocenters. The lowest BCUT2D eigenvalue weighted by Gasteiger charge is -2.31. The van der Waals surface area contributed by atoms with Crippen LogP contribution in [-0.2, 0) is 0 Å². The van der Waals surface area contributed by atoms with Gasteiger partial charge in [-0.3, -0.25) is 14.3 Å². The number of halogens is 2. The summed E-state index contributed by atoms with van der Waals surface area (Å²) in [5, 5.41) is 3.93. The van der Waals surface area contributed by atoms with E-state index in [1.807, 2.05) is 26.8 Å². The van der Waals surface area contributed by atoms with Crippen molar-refractivity contribution in [3.05, 3.63) is 87.5 Å². The highest BCUT2D eigenvalue weighted by atomic mass is 19.1. The Morgan fingerprint density at radius 3 is 2.42 bits per heavy atom. The largest absolute Gasteiger partial charge is 0.368 e. The molecule has 1 N–H and O–H groups in total. The molecule has 0 bridgehead atoms. The van der Waals surface area contributed by atoms with E-state index in [-0.39, 0.29) is 22.6 Å². The predicted molar refractivity (Wildman–Crippen MR) is 141 cm³/mol. The van der Waals surface area contributed by atoms with Crippen LogP contribution in [0.4, 0.5) is 14.5 Å². The van der Waals surface area contributed by atoms with Gasteiger partial charge in [-0.2, -0.15) is 0 Å². The lowest BCUT2D eigenvalue weighted by atomic mass is 9.96. The number of benzene rings is 2. The fraction of sp³-hybridized carbons (Fsp3) is 0.310. The second-order valence-electron chi connectivity index (χ2n) is 9.74. The zero-order valence-corrected chi connectivity index (χ0v) is 21.0. The Labute approximate surface area is 209 Å². The molecule has 1 saturated heterocycles. The van der Waals surface area contributed by atoms with Crippen molar-refractivity contribution in [3.8, 4) is 16.8 Å². The van der Waals surface area contributed by atoms with Crippen LogP contribution in [0.1, 0.15) is 36.6 Å². The number of nitrogens with one attached hydrogen (secondary N) is 1. The smallest absolute Gasteiger partial charge is 0.257 e. The third kappa shape index (κ3) is 4.07. The van der Waals surface area contributed by atoms with Crippen LogP contribution in [0.5, 0.6) is 0 Å².